The second-order valence-electron chi connectivity index (χ2n) is 7.55. The molecule has 3 aromatic rings. The standard InChI is InChI=1S/C23H24FN3O2/c1-15-22(19-14-17(24)7-10-20(19)25-15)23(29)26-18-8-4-16(5-9-18)6-11-21(28)27-12-2-3-13-27/h4-5,7-10,14,25H,2-3,6,11-13H2,1H3,(H,26,29). The van der Waals surface area contributed by atoms with Gasteiger partial charge in [0.2, 0.25) is 5.91 Å². The highest BCUT2D eigenvalue weighted by atomic mass is 19.1. The summed E-state index contributed by atoms with van der Waals surface area (Å²) in [6, 6.07) is 11.9. The number of aryl methyl sites for hydroxylation is 2. The van der Waals surface area contributed by atoms with Crippen molar-refractivity contribution in [1.82, 2.24) is 9.88 Å². The molecule has 150 valence electrons. The Bertz CT molecular complexity index is 1050. The van der Waals surface area contributed by atoms with Crippen molar-refractivity contribution >= 4 is 28.4 Å². The van der Waals surface area contributed by atoms with Crippen molar-refractivity contribution in [2.45, 2.75) is 32.6 Å². The topological polar surface area (TPSA) is 65.2 Å². The van der Waals surface area contributed by atoms with Crippen LogP contribution in [0.15, 0.2) is 42.5 Å². The van der Waals surface area contributed by atoms with Gasteiger partial charge >= 0.3 is 0 Å². The Balaban J connectivity index is 1.41. The van der Waals surface area contributed by atoms with Crippen LogP contribution >= 0.6 is 0 Å². The zero-order chi connectivity index (χ0) is 20.4. The molecule has 2 amide bonds. The Morgan fingerprint density at radius 3 is 2.55 bits per heavy atom. The van der Waals surface area contributed by atoms with E-state index in [1.807, 2.05) is 29.2 Å². The third kappa shape index (κ3) is 4.16. The van der Waals surface area contributed by atoms with Crippen LogP contribution in [-0.4, -0.2) is 34.8 Å². The SMILES string of the molecule is Cc1[nH]c2ccc(F)cc2c1C(=O)Nc1ccc(CCC(=O)N2CCCC2)cc1. The number of aromatic amines is 1. The fraction of sp³-hybridized carbons (Fsp3) is 0.304. The molecule has 1 aliphatic rings. The van der Waals surface area contributed by atoms with E-state index in [1.54, 1.807) is 13.0 Å². The summed E-state index contributed by atoms with van der Waals surface area (Å²) in [6.45, 7) is 3.55. The number of aromatic nitrogens is 1. The third-order valence-electron chi connectivity index (χ3n) is 5.47. The number of amides is 2. The highest BCUT2D eigenvalue weighted by Gasteiger charge is 2.18. The number of fused-ring (bicyclic) bond motifs is 1. The lowest BCUT2D eigenvalue weighted by atomic mass is 10.1. The lowest BCUT2D eigenvalue weighted by Gasteiger charge is -2.15. The first kappa shape index (κ1) is 19.2. The Labute approximate surface area is 168 Å². The highest BCUT2D eigenvalue weighted by molar-refractivity contribution is 6.13. The van der Waals surface area contributed by atoms with Gasteiger partial charge in [0, 0.05) is 41.8 Å². The average Bonchev–Trinajstić information content (AvgIpc) is 3.34. The molecule has 1 fully saturated rings. The maximum Gasteiger partial charge on any atom is 0.258 e. The van der Waals surface area contributed by atoms with Gasteiger partial charge in [-0.15, -0.1) is 0 Å². The summed E-state index contributed by atoms with van der Waals surface area (Å²) in [6.07, 6.45) is 3.39. The Kier molecular flexibility index (Phi) is 5.34. The number of hydrogen-bond donors (Lipinski definition) is 2. The molecule has 0 spiro atoms. The first-order valence-corrected chi connectivity index (χ1v) is 9.97. The minimum absolute atomic E-state index is 0.210. The molecule has 1 aromatic heterocycles. The van der Waals surface area contributed by atoms with Gasteiger partial charge in [0.25, 0.3) is 5.91 Å². The second-order valence-corrected chi connectivity index (χ2v) is 7.55. The number of rotatable bonds is 5. The van der Waals surface area contributed by atoms with Crippen molar-refractivity contribution in [3.8, 4) is 0 Å². The number of H-pyrrole nitrogens is 1. The number of halogens is 1. The van der Waals surface area contributed by atoms with Gasteiger partial charge in [-0.1, -0.05) is 12.1 Å². The van der Waals surface area contributed by atoms with Crippen molar-refractivity contribution in [1.29, 1.82) is 0 Å². The van der Waals surface area contributed by atoms with E-state index in [2.05, 4.69) is 10.3 Å². The molecule has 0 saturated carbocycles. The molecule has 29 heavy (non-hydrogen) atoms. The molecular formula is C23H24FN3O2. The number of carbonyl (C=O) groups is 2. The van der Waals surface area contributed by atoms with Crippen LogP contribution in [0.25, 0.3) is 10.9 Å². The van der Waals surface area contributed by atoms with E-state index >= 15 is 0 Å². The number of nitrogens with zero attached hydrogens (tertiary/aromatic N) is 1. The summed E-state index contributed by atoms with van der Waals surface area (Å²) in [4.78, 5) is 30.0. The van der Waals surface area contributed by atoms with Crippen LogP contribution in [0.3, 0.4) is 0 Å². The number of nitrogens with one attached hydrogen (secondary N) is 2. The Morgan fingerprint density at radius 1 is 1.10 bits per heavy atom. The summed E-state index contributed by atoms with van der Waals surface area (Å²) in [5.74, 6) is -0.448. The zero-order valence-electron chi connectivity index (χ0n) is 16.4. The van der Waals surface area contributed by atoms with Crippen LogP contribution in [0.4, 0.5) is 10.1 Å². The lowest BCUT2D eigenvalue weighted by molar-refractivity contribution is -0.130. The molecule has 0 atom stereocenters. The molecule has 2 aromatic carbocycles. The zero-order valence-corrected chi connectivity index (χ0v) is 16.4. The van der Waals surface area contributed by atoms with E-state index in [0.29, 0.717) is 35.2 Å². The van der Waals surface area contributed by atoms with Gasteiger partial charge in [0.1, 0.15) is 5.82 Å². The molecule has 2 heterocycles. The number of anilines is 1. The van der Waals surface area contributed by atoms with E-state index in [9.17, 15) is 14.0 Å². The lowest BCUT2D eigenvalue weighted by Crippen LogP contribution is -2.27. The van der Waals surface area contributed by atoms with Crippen molar-refractivity contribution in [2.75, 3.05) is 18.4 Å². The van der Waals surface area contributed by atoms with Crippen LogP contribution in [0.1, 0.15) is 40.9 Å². The summed E-state index contributed by atoms with van der Waals surface area (Å²) >= 11 is 0. The minimum atomic E-state index is -0.376. The predicted molar refractivity (Wildman–Crippen MR) is 112 cm³/mol. The van der Waals surface area contributed by atoms with Gasteiger partial charge in [0.15, 0.2) is 0 Å². The first-order valence-electron chi connectivity index (χ1n) is 9.97. The predicted octanol–water partition coefficient (Wildman–Crippen LogP) is 4.42. The normalized spacial score (nSPS) is 13.8. The molecule has 4 rings (SSSR count). The summed E-state index contributed by atoms with van der Waals surface area (Å²) in [5.41, 5.74) is 3.59. The number of likely N-dealkylation sites (tertiary alicyclic amines) is 1. The van der Waals surface area contributed by atoms with Crippen LogP contribution in [-0.2, 0) is 11.2 Å². The summed E-state index contributed by atoms with van der Waals surface area (Å²) < 4.78 is 13.6. The molecule has 1 saturated heterocycles. The summed E-state index contributed by atoms with van der Waals surface area (Å²) in [5, 5.41) is 3.44. The Hall–Kier alpha value is -3.15. The van der Waals surface area contributed by atoms with E-state index in [-0.39, 0.29) is 17.6 Å². The van der Waals surface area contributed by atoms with E-state index in [1.165, 1.54) is 12.1 Å². The number of carbonyl (C=O) groups excluding carboxylic acids is 2. The number of hydrogen-bond acceptors (Lipinski definition) is 2. The highest BCUT2D eigenvalue weighted by Crippen LogP contribution is 2.24. The maximum absolute atomic E-state index is 13.6. The van der Waals surface area contributed by atoms with Crippen molar-refractivity contribution in [3.05, 3.63) is 65.1 Å². The third-order valence-corrected chi connectivity index (χ3v) is 5.47. The fourth-order valence-corrected chi connectivity index (χ4v) is 3.92. The molecule has 0 unspecified atom stereocenters. The van der Waals surface area contributed by atoms with Gasteiger partial charge in [-0.3, -0.25) is 9.59 Å². The van der Waals surface area contributed by atoms with E-state index in [0.717, 1.165) is 37.0 Å². The van der Waals surface area contributed by atoms with Crippen LogP contribution in [0.2, 0.25) is 0 Å². The van der Waals surface area contributed by atoms with Gasteiger partial charge in [0.05, 0.1) is 5.56 Å². The van der Waals surface area contributed by atoms with Crippen LogP contribution < -0.4 is 5.32 Å². The molecular weight excluding hydrogens is 369 g/mol. The second kappa shape index (κ2) is 8.07. The molecule has 5 nitrogen and oxygen atoms in total. The average molecular weight is 393 g/mol. The van der Waals surface area contributed by atoms with Gasteiger partial charge < -0.3 is 15.2 Å². The van der Waals surface area contributed by atoms with Crippen LogP contribution in [0, 0.1) is 12.7 Å². The van der Waals surface area contributed by atoms with Crippen molar-refractivity contribution in [2.24, 2.45) is 0 Å². The number of benzene rings is 2. The van der Waals surface area contributed by atoms with Gasteiger partial charge in [-0.2, -0.15) is 0 Å². The largest absolute Gasteiger partial charge is 0.358 e. The summed E-state index contributed by atoms with van der Waals surface area (Å²) in [7, 11) is 0. The molecule has 0 bridgehead atoms. The maximum atomic E-state index is 13.6. The molecule has 0 radical (unpaired) electrons. The molecule has 1 aliphatic heterocycles. The van der Waals surface area contributed by atoms with E-state index < -0.39 is 0 Å². The molecule has 2 N–H and O–H groups in total. The quantitative estimate of drug-likeness (QED) is 0.674. The smallest absolute Gasteiger partial charge is 0.258 e. The first-order chi connectivity index (χ1) is 14.0. The monoisotopic (exact) mass is 393 g/mol. The van der Waals surface area contributed by atoms with Crippen molar-refractivity contribution < 1.29 is 14.0 Å². The van der Waals surface area contributed by atoms with E-state index in [4.69, 9.17) is 0 Å². The van der Waals surface area contributed by atoms with Gasteiger partial charge in [-0.05, 0) is 62.1 Å². The van der Waals surface area contributed by atoms with Gasteiger partial charge in [-0.25, -0.2) is 4.39 Å². The minimum Gasteiger partial charge on any atom is -0.358 e. The van der Waals surface area contributed by atoms with Crippen molar-refractivity contribution in [3.63, 3.8) is 0 Å². The molecule has 6 heteroatoms. The van der Waals surface area contributed by atoms with Crippen LogP contribution in [0.5, 0.6) is 0 Å². The fourth-order valence-electron chi connectivity index (χ4n) is 3.92. The molecule has 0 aliphatic carbocycles. The Morgan fingerprint density at radius 2 is 1.83 bits per heavy atom.